The Kier molecular flexibility index (Phi) is 4.06. The molecular formula is C9H17N3. The Morgan fingerprint density at radius 3 is 2.83 bits per heavy atom. The summed E-state index contributed by atoms with van der Waals surface area (Å²) >= 11 is 0. The summed E-state index contributed by atoms with van der Waals surface area (Å²) in [7, 11) is 0. The Morgan fingerprint density at radius 2 is 2.17 bits per heavy atom. The lowest BCUT2D eigenvalue weighted by molar-refractivity contribution is 0.330. The van der Waals surface area contributed by atoms with Crippen molar-refractivity contribution in [3.05, 3.63) is 0 Å². The molecule has 1 fully saturated rings. The molecule has 3 heteroatoms. The molecule has 3 N–H and O–H groups in total. The van der Waals surface area contributed by atoms with E-state index in [4.69, 9.17) is 11.0 Å². The third-order valence-corrected chi connectivity index (χ3v) is 2.46. The number of nitriles is 1. The molecule has 0 aromatic rings. The monoisotopic (exact) mass is 167 g/mol. The number of nitrogens with two attached hydrogens (primary N) is 1. The molecule has 12 heavy (non-hydrogen) atoms. The van der Waals surface area contributed by atoms with E-state index in [1.807, 2.05) is 0 Å². The average molecular weight is 167 g/mol. The molecule has 1 rings (SSSR count). The summed E-state index contributed by atoms with van der Waals surface area (Å²) in [4.78, 5) is 0. The molecule has 0 spiro atoms. The molecule has 1 aliphatic carbocycles. The highest BCUT2D eigenvalue weighted by molar-refractivity contribution is 4.84. The molecule has 0 radical (unpaired) electrons. The highest BCUT2D eigenvalue weighted by Crippen LogP contribution is 2.16. The number of hydrogen-bond donors (Lipinski definition) is 2. The fraction of sp³-hybridized carbons (Fsp3) is 0.889. The van der Waals surface area contributed by atoms with Crippen LogP contribution in [0.4, 0.5) is 0 Å². The number of nitrogens with zero attached hydrogens (tertiary/aromatic N) is 1. The van der Waals surface area contributed by atoms with Crippen LogP contribution in [0.3, 0.4) is 0 Å². The minimum absolute atomic E-state index is 0.303. The Balaban J connectivity index is 2.16. The van der Waals surface area contributed by atoms with Gasteiger partial charge in [-0.05, 0) is 12.8 Å². The Labute approximate surface area is 73.9 Å². The largest absolute Gasteiger partial charge is 0.326 e. The van der Waals surface area contributed by atoms with Gasteiger partial charge in [-0.25, -0.2) is 0 Å². The SMILES string of the molecule is N#CCCN[C@@H]1CCCC[C@H]1N. The fourth-order valence-corrected chi connectivity index (χ4v) is 1.73. The third kappa shape index (κ3) is 2.80. The van der Waals surface area contributed by atoms with E-state index >= 15 is 0 Å². The van der Waals surface area contributed by atoms with Gasteiger partial charge >= 0.3 is 0 Å². The van der Waals surface area contributed by atoms with Crippen molar-refractivity contribution in [3.63, 3.8) is 0 Å². The maximum Gasteiger partial charge on any atom is 0.0635 e. The van der Waals surface area contributed by atoms with Crippen molar-refractivity contribution in [1.82, 2.24) is 5.32 Å². The smallest absolute Gasteiger partial charge is 0.0635 e. The standard InChI is InChI=1S/C9H17N3/c10-6-3-7-12-9-5-2-1-4-8(9)11/h8-9,12H,1-5,7,11H2/t8-,9-/m1/s1. The topological polar surface area (TPSA) is 61.8 Å². The van der Waals surface area contributed by atoms with Crippen molar-refractivity contribution in [1.29, 1.82) is 5.26 Å². The molecule has 1 aliphatic rings. The van der Waals surface area contributed by atoms with E-state index in [9.17, 15) is 0 Å². The minimum Gasteiger partial charge on any atom is -0.326 e. The zero-order valence-electron chi connectivity index (χ0n) is 7.42. The first-order valence-electron chi connectivity index (χ1n) is 4.70. The van der Waals surface area contributed by atoms with E-state index in [2.05, 4.69) is 11.4 Å². The van der Waals surface area contributed by atoms with Gasteiger partial charge in [0.2, 0.25) is 0 Å². The summed E-state index contributed by atoms with van der Waals surface area (Å²) in [6.07, 6.45) is 5.43. The summed E-state index contributed by atoms with van der Waals surface area (Å²) in [5, 5.41) is 11.7. The highest BCUT2D eigenvalue weighted by Gasteiger charge is 2.20. The molecule has 0 aromatic carbocycles. The van der Waals surface area contributed by atoms with Gasteiger partial charge in [-0.15, -0.1) is 0 Å². The first-order chi connectivity index (χ1) is 5.84. The van der Waals surface area contributed by atoms with Gasteiger partial charge in [-0.3, -0.25) is 0 Å². The van der Waals surface area contributed by atoms with E-state index in [0.29, 0.717) is 18.5 Å². The van der Waals surface area contributed by atoms with Gasteiger partial charge in [-0.1, -0.05) is 12.8 Å². The van der Waals surface area contributed by atoms with Crippen LogP contribution >= 0.6 is 0 Å². The molecule has 0 unspecified atom stereocenters. The zero-order valence-corrected chi connectivity index (χ0v) is 7.42. The summed E-state index contributed by atoms with van der Waals surface area (Å²) in [6, 6.07) is 2.87. The van der Waals surface area contributed by atoms with Crippen molar-refractivity contribution < 1.29 is 0 Å². The average Bonchev–Trinajstić information content (AvgIpc) is 2.09. The van der Waals surface area contributed by atoms with Crippen molar-refractivity contribution in [2.75, 3.05) is 6.54 Å². The molecular weight excluding hydrogens is 150 g/mol. The van der Waals surface area contributed by atoms with Gasteiger partial charge in [0.25, 0.3) is 0 Å². The minimum atomic E-state index is 0.303. The Hall–Kier alpha value is -0.590. The molecule has 1 saturated carbocycles. The quantitative estimate of drug-likeness (QED) is 0.610. The molecule has 0 aliphatic heterocycles. The van der Waals surface area contributed by atoms with Gasteiger partial charge < -0.3 is 11.1 Å². The van der Waals surface area contributed by atoms with Crippen LogP contribution in [0.25, 0.3) is 0 Å². The normalized spacial score (nSPS) is 29.7. The van der Waals surface area contributed by atoms with Crippen LogP contribution in [0, 0.1) is 11.3 Å². The molecule has 0 bridgehead atoms. The van der Waals surface area contributed by atoms with Crippen molar-refractivity contribution >= 4 is 0 Å². The van der Waals surface area contributed by atoms with Gasteiger partial charge in [0.15, 0.2) is 0 Å². The molecule has 0 aromatic heterocycles. The second-order valence-corrected chi connectivity index (χ2v) is 3.42. The predicted molar refractivity (Wildman–Crippen MR) is 48.5 cm³/mol. The summed E-state index contributed by atoms with van der Waals surface area (Å²) < 4.78 is 0. The van der Waals surface area contributed by atoms with Crippen molar-refractivity contribution in [2.45, 2.75) is 44.2 Å². The number of hydrogen-bond acceptors (Lipinski definition) is 3. The Morgan fingerprint density at radius 1 is 1.42 bits per heavy atom. The first kappa shape index (κ1) is 9.50. The van der Waals surface area contributed by atoms with E-state index in [1.54, 1.807) is 0 Å². The van der Waals surface area contributed by atoms with Gasteiger partial charge in [0, 0.05) is 25.0 Å². The second kappa shape index (κ2) is 5.13. The summed E-state index contributed by atoms with van der Waals surface area (Å²) in [6.45, 7) is 0.787. The maximum absolute atomic E-state index is 8.34. The lowest BCUT2D eigenvalue weighted by Crippen LogP contribution is -2.47. The number of rotatable bonds is 3. The van der Waals surface area contributed by atoms with E-state index in [0.717, 1.165) is 13.0 Å². The van der Waals surface area contributed by atoms with Crippen molar-refractivity contribution in [2.24, 2.45) is 5.73 Å². The summed E-state index contributed by atoms with van der Waals surface area (Å²) in [5.41, 5.74) is 5.92. The lowest BCUT2D eigenvalue weighted by Gasteiger charge is -2.29. The van der Waals surface area contributed by atoms with Crippen LogP contribution in [0.5, 0.6) is 0 Å². The van der Waals surface area contributed by atoms with Crippen LogP contribution in [0.2, 0.25) is 0 Å². The number of nitrogens with one attached hydrogen (secondary N) is 1. The Bertz CT molecular complexity index is 162. The molecule has 68 valence electrons. The summed E-state index contributed by atoms with van der Waals surface area (Å²) in [5.74, 6) is 0. The fourth-order valence-electron chi connectivity index (χ4n) is 1.73. The van der Waals surface area contributed by atoms with Crippen LogP contribution in [0.15, 0.2) is 0 Å². The van der Waals surface area contributed by atoms with Crippen LogP contribution in [-0.2, 0) is 0 Å². The first-order valence-corrected chi connectivity index (χ1v) is 4.70. The van der Waals surface area contributed by atoms with Crippen LogP contribution in [0.1, 0.15) is 32.1 Å². The van der Waals surface area contributed by atoms with E-state index in [1.165, 1.54) is 19.3 Å². The van der Waals surface area contributed by atoms with Crippen LogP contribution < -0.4 is 11.1 Å². The van der Waals surface area contributed by atoms with Gasteiger partial charge in [0.05, 0.1) is 6.07 Å². The molecule has 2 atom stereocenters. The van der Waals surface area contributed by atoms with Crippen LogP contribution in [-0.4, -0.2) is 18.6 Å². The van der Waals surface area contributed by atoms with E-state index < -0.39 is 0 Å². The molecule has 0 saturated heterocycles. The zero-order chi connectivity index (χ0) is 8.81. The molecule has 0 amide bonds. The van der Waals surface area contributed by atoms with Gasteiger partial charge in [0.1, 0.15) is 0 Å². The molecule has 3 nitrogen and oxygen atoms in total. The van der Waals surface area contributed by atoms with Crippen molar-refractivity contribution in [3.8, 4) is 6.07 Å². The van der Waals surface area contributed by atoms with E-state index in [-0.39, 0.29) is 0 Å². The lowest BCUT2D eigenvalue weighted by atomic mass is 9.91. The van der Waals surface area contributed by atoms with Gasteiger partial charge in [-0.2, -0.15) is 5.26 Å². The predicted octanol–water partition coefficient (Wildman–Crippen LogP) is 0.760. The third-order valence-electron chi connectivity index (χ3n) is 2.46. The maximum atomic E-state index is 8.34. The molecule has 0 heterocycles. The second-order valence-electron chi connectivity index (χ2n) is 3.42. The highest BCUT2D eigenvalue weighted by atomic mass is 14.9.